The third-order valence-electron chi connectivity index (χ3n) is 2.73. The average molecular weight is 143 g/mol. The Morgan fingerprint density at radius 1 is 1.60 bits per heavy atom. The maximum absolute atomic E-state index is 9.91. The second kappa shape index (κ2) is 2.51. The Balaban J connectivity index is 2.66. The van der Waals surface area contributed by atoms with Crippen molar-refractivity contribution in [3.8, 4) is 0 Å². The summed E-state index contributed by atoms with van der Waals surface area (Å²) in [5.41, 5.74) is 5.19. The Kier molecular flexibility index (Phi) is 2.02. The first-order valence-electron chi connectivity index (χ1n) is 4.05. The molecule has 0 bridgehead atoms. The Morgan fingerprint density at radius 3 is 2.40 bits per heavy atom. The van der Waals surface area contributed by atoms with Crippen LogP contribution >= 0.6 is 0 Å². The maximum atomic E-state index is 9.91. The molecule has 1 aliphatic rings. The van der Waals surface area contributed by atoms with Gasteiger partial charge in [-0.25, -0.2) is 0 Å². The Morgan fingerprint density at radius 2 is 2.20 bits per heavy atom. The van der Waals surface area contributed by atoms with E-state index in [1.807, 2.05) is 13.8 Å². The molecule has 0 amide bonds. The van der Waals surface area contributed by atoms with Crippen molar-refractivity contribution in [2.45, 2.75) is 44.8 Å². The van der Waals surface area contributed by atoms with Gasteiger partial charge in [0.05, 0.1) is 5.60 Å². The van der Waals surface area contributed by atoms with Gasteiger partial charge in [0.25, 0.3) is 0 Å². The highest BCUT2D eigenvalue weighted by molar-refractivity contribution is 4.97. The minimum atomic E-state index is -0.569. The lowest BCUT2D eigenvalue weighted by atomic mass is 9.86. The SMILES string of the molecule is CC(C)[C@]1(O)CCC[C@@H]1N. The van der Waals surface area contributed by atoms with Crippen molar-refractivity contribution in [1.29, 1.82) is 0 Å². The van der Waals surface area contributed by atoms with Gasteiger partial charge in [-0.15, -0.1) is 0 Å². The largest absolute Gasteiger partial charge is 0.388 e. The lowest BCUT2D eigenvalue weighted by molar-refractivity contribution is -0.0120. The minimum Gasteiger partial charge on any atom is -0.388 e. The van der Waals surface area contributed by atoms with Gasteiger partial charge in [0, 0.05) is 6.04 Å². The molecular weight excluding hydrogens is 126 g/mol. The molecule has 0 aromatic rings. The van der Waals surface area contributed by atoms with E-state index in [2.05, 4.69) is 0 Å². The van der Waals surface area contributed by atoms with E-state index in [1.54, 1.807) is 0 Å². The molecule has 2 atom stereocenters. The van der Waals surface area contributed by atoms with Crippen molar-refractivity contribution in [3.63, 3.8) is 0 Å². The zero-order valence-corrected chi connectivity index (χ0v) is 6.80. The molecule has 0 aromatic heterocycles. The van der Waals surface area contributed by atoms with Crippen molar-refractivity contribution in [1.82, 2.24) is 0 Å². The smallest absolute Gasteiger partial charge is 0.0820 e. The van der Waals surface area contributed by atoms with Crippen LogP contribution < -0.4 is 5.73 Å². The molecule has 1 fully saturated rings. The van der Waals surface area contributed by atoms with Crippen molar-refractivity contribution in [2.75, 3.05) is 0 Å². The highest BCUT2D eigenvalue weighted by Gasteiger charge is 2.41. The number of aliphatic hydroxyl groups is 1. The predicted molar refractivity (Wildman–Crippen MR) is 41.6 cm³/mol. The Bertz CT molecular complexity index is 124. The first-order chi connectivity index (χ1) is 4.57. The molecule has 60 valence electrons. The van der Waals surface area contributed by atoms with E-state index in [4.69, 9.17) is 5.73 Å². The second-order valence-corrected chi connectivity index (χ2v) is 3.64. The van der Waals surface area contributed by atoms with Crippen molar-refractivity contribution < 1.29 is 5.11 Å². The molecule has 10 heavy (non-hydrogen) atoms. The van der Waals surface area contributed by atoms with Crippen LogP contribution in [0.15, 0.2) is 0 Å². The molecule has 0 unspecified atom stereocenters. The van der Waals surface area contributed by atoms with Gasteiger partial charge in [0.15, 0.2) is 0 Å². The highest BCUT2D eigenvalue weighted by Crippen LogP contribution is 2.34. The van der Waals surface area contributed by atoms with Crippen molar-refractivity contribution in [3.05, 3.63) is 0 Å². The van der Waals surface area contributed by atoms with E-state index in [0.717, 1.165) is 19.3 Å². The standard InChI is InChI=1S/C8H17NO/c1-6(2)8(10)5-3-4-7(8)9/h6-7,10H,3-5,9H2,1-2H3/t7-,8+/m0/s1. The third-order valence-corrected chi connectivity index (χ3v) is 2.73. The summed E-state index contributed by atoms with van der Waals surface area (Å²) in [6, 6.07) is 0.00694. The normalized spacial score (nSPS) is 41.1. The molecule has 0 aromatic carbocycles. The fourth-order valence-corrected chi connectivity index (χ4v) is 1.76. The van der Waals surface area contributed by atoms with Crippen LogP contribution in [0.5, 0.6) is 0 Å². The van der Waals surface area contributed by atoms with E-state index in [-0.39, 0.29) is 6.04 Å². The molecule has 1 rings (SSSR count). The van der Waals surface area contributed by atoms with E-state index in [1.165, 1.54) is 0 Å². The molecule has 3 N–H and O–H groups in total. The van der Waals surface area contributed by atoms with Crippen molar-refractivity contribution in [2.24, 2.45) is 11.7 Å². The summed E-state index contributed by atoms with van der Waals surface area (Å²) in [5.74, 6) is 0.296. The molecule has 0 heterocycles. The highest BCUT2D eigenvalue weighted by atomic mass is 16.3. The lowest BCUT2D eigenvalue weighted by Crippen LogP contribution is -2.47. The summed E-state index contributed by atoms with van der Waals surface area (Å²) in [7, 11) is 0. The van der Waals surface area contributed by atoms with Crippen LogP contribution in [0.1, 0.15) is 33.1 Å². The monoisotopic (exact) mass is 143 g/mol. The molecule has 0 spiro atoms. The zero-order valence-electron chi connectivity index (χ0n) is 6.80. The molecule has 2 nitrogen and oxygen atoms in total. The topological polar surface area (TPSA) is 46.2 Å². The van der Waals surface area contributed by atoms with Gasteiger partial charge < -0.3 is 10.8 Å². The van der Waals surface area contributed by atoms with Gasteiger partial charge in [0.1, 0.15) is 0 Å². The van der Waals surface area contributed by atoms with Gasteiger partial charge >= 0.3 is 0 Å². The lowest BCUT2D eigenvalue weighted by Gasteiger charge is -2.31. The van der Waals surface area contributed by atoms with Crippen LogP contribution in [-0.2, 0) is 0 Å². The third kappa shape index (κ3) is 1.06. The number of rotatable bonds is 1. The summed E-state index contributed by atoms with van der Waals surface area (Å²) in [6.07, 6.45) is 2.94. The van der Waals surface area contributed by atoms with Crippen LogP contribution in [-0.4, -0.2) is 16.7 Å². The van der Waals surface area contributed by atoms with E-state index in [0.29, 0.717) is 5.92 Å². The first kappa shape index (κ1) is 8.02. The van der Waals surface area contributed by atoms with E-state index in [9.17, 15) is 5.11 Å². The van der Waals surface area contributed by atoms with E-state index < -0.39 is 5.60 Å². The second-order valence-electron chi connectivity index (χ2n) is 3.64. The summed E-state index contributed by atoms with van der Waals surface area (Å²) in [4.78, 5) is 0. The van der Waals surface area contributed by atoms with Crippen LogP contribution in [0, 0.1) is 5.92 Å². The van der Waals surface area contributed by atoms with Gasteiger partial charge in [-0.3, -0.25) is 0 Å². The molecule has 0 saturated heterocycles. The summed E-state index contributed by atoms with van der Waals surface area (Å²) in [5, 5.41) is 9.91. The van der Waals surface area contributed by atoms with Crippen LogP contribution in [0.4, 0.5) is 0 Å². The van der Waals surface area contributed by atoms with Gasteiger partial charge in [-0.2, -0.15) is 0 Å². The van der Waals surface area contributed by atoms with Gasteiger partial charge in [0.2, 0.25) is 0 Å². The maximum Gasteiger partial charge on any atom is 0.0820 e. The summed E-state index contributed by atoms with van der Waals surface area (Å²) in [6.45, 7) is 4.07. The number of hydrogen-bond acceptors (Lipinski definition) is 2. The average Bonchev–Trinajstić information content (AvgIpc) is 2.15. The fraction of sp³-hybridized carbons (Fsp3) is 1.00. The van der Waals surface area contributed by atoms with Crippen LogP contribution in [0.2, 0.25) is 0 Å². The van der Waals surface area contributed by atoms with Crippen LogP contribution in [0.3, 0.4) is 0 Å². The molecule has 1 saturated carbocycles. The molecule has 2 heteroatoms. The van der Waals surface area contributed by atoms with Crippen molar-refractivity contribution >= 4 is 0 Å². The fourth-order valence-electron chi connectivity index (χ4n) is 1.76. The summed E-state index contributed by atoms with van der Waals surface area (Å²) < 4.78 is 0. The Labute approximate surface area is 62.4 Å². The van der Waals surface area contributed by atoms with Crippen LogP contribution in [0.25, 0.3) is 0 Å². The first-order valence-corrected chi connectivity index (χ1v) is 4.05. The number of hydrogen-bond donors (Lipinski definition) is 2. The molecular formula is C8H17NO. The Hall–Kier alpha value is -0.0800. The zero-order chi connectivity index (χ0) is 7.78. The molecule has 0 aliphatic heterocycles. The summed E-state index contributed by atoms with van der Waals surface area (Å²) >= 11 is 0. The van der Waals surface area contributed by atoms with Gasteiger partial charge in [-0.1, -0.05) is 13.8 Å². The van der Waals surface area contributed by atoms with Gasteiger partial charge in [-0.05, 0) is 25.2 Å². The molecule has 0 radical (unpaired) electrons. The number of nitrogens with two attached hydrogens (primary N) is 1. The minimum absolute atomic E-state index is 0.00694. The predicted octanol–water partition coefficient (Wildman–Crippen LogP) is 0.885. The van der Waals surface area contributed by atoms with E-state index >= 15 is 0 Å². The quantitative estimate of drug-likeness (QED) is 0.572. The molecule has 1 aliphatic carbocycles.